The minimum absolute atomic E-state index is 0.558. The van der Waals surface area contributed by atoms with E-state index in [9.17, 15) is 0 Å². The van der Waals surface area contributed by atoms with Crippen LogP contribution in [0.2, 0.25) is 5.02 Å². The highest BCUT2D eigenvalue weighted by atomic mass is 35.5. The van der Waals surface area contributed by atoms with Crippen molar-refractivity contribution in [2.24, 2.45) is 5.92 Å². The third-order valence-corrected chi connectivity index (χ3v) is 4.36. The summed E-state index contributed by atoms with van der Waals surface area (Å²) in [5.74, 6) is 1.67. The Morgan fingerprint density at radius 1 is 1.33 bits per heavy atom. The first-order valence-corrected chi connectivity index (χ1v) is 8.36. The second-order valence-electron chi connectivity index (χ2n) is 6.09. The standard InChI is InChI=1S/C17H27ClN2O/c1-14(2)20(13-15-6-8-19-9-7-15)10-11-21-17-5-3-4-16(18)12-17/h3-5,12,14-15,19H,6-11,13H2,1-2H3. The zero-order valence-corrected chi connectivity index (χ0v) is 13.9. The first-order chi connectivity index (χ1) is 10.1. The van der Waals surface area contributed by atoms with Gasteiger partial charge in [0.1, 0.15) is 12.4 Å². The summed E-state index contributed by atoms with van der Waals surface area (Å²) >= 11 is 5.97. The second kappa shape index (κ2) is 8.62. The second-order valence-corrected chi connectivity index (χ2v) is 6.52. The van der Waals surface area contributed by atoms with Gasteiger partial charge < -0.3 is 10.1 Å². The molecule has 0 unspecified atom stereocenters. The van der Waals surface area contributed by atoms with Gasteiger partial charge in [-0.3, -0.25) is 4.90 Å². The number of ether oxygens (including phenoxy) is 1. The molecule has 1 fully saturated rings. The van der Waals surface area contributed by atoms with Crippen molar-refractivity contribution in [2.75, 3.05) is 32.8 Å². The Morgan fingerprint density at radius 2 is 2.10 bits per heavy atom. The molecule has 1 heterocycles. The third-order valence-electron chi connectivity index (χ3n) is 4.13. The van der Waals surface area contributed by atoms with E-state index in [4.69, 9.17) is 16.3 Å². The molecule has 3 nitrogen and oxygen atoms in total. The molecule has 1 aromatic carbocycles. The molecule has 2 rings (SSSR count). The van der Waals surface area contributed by atoms with Crippen LogP contribution in [-0.4, -0.2) is 43.7 Å². The number of hydrogen-bond acceptors (Lipinski definition) is 3. The molecule has 118 valence electrons. The summed E-state index contributed by atoms with van der Waals surface area (Å²) in [7, 11) is 0. The van der Waals surface area contributed by atoms with E-state index >= 15 is 0 Å². The van der Waals surface area contributed by atoms with Crippen molar-refractivity contribution in [1.29, 1.82) is 0 Å². The summed E-state index contributed by atoms with van der Waals surface area (Å²) in [5.41, 5.74) is 0. The van der Waals surface area contributed by atoms with E-state index in [0.717, 1.165) is 36.3 Å². The maximum atomic E-state index is 5.97. The molecule has 1 saturated heterocycles. The van der Waals surface area contributed by atoms with Gasteiger partial charge >= 0.3 is 0 Å². The summed E-state index contributed by atoms with van der Waals surface area (Å²) in [6.45, 7) is 9.71. The topological polar surface area (TPSA) is 24.5 Å². The molecule has 0 bridgehead atoms. The lowest BCUT2D eigenvalue weighted by Gasteiger charge is -2.32. The molecule has 21 heavy (non-hydrogen) atoms. The van der Waals surface area contributed by atoms with Gasteiger partial charge in [-0.05, 0) is 63.9 Å². The average Bonchev–Trinajstić information content (AvgIpc) is 2.47. The van der Waals surface area contributed by atoms with Crippen LogP contribution >= 0.6 is 11.6 Å². The van der Waals surface area contributed by atoms with Crippen molar-refractivity contribution in [2.45, 2.75) is 32.7 Å². The fraction of sp³-hybridized carbons (Fsp3) is 0.647. The minimum atomic E-state index is 0.558. The van der Waals surface area contributed by atoms with Crippen LogP contribution < -0.4 is 10.1 Å². The number of nitrogens with zero attached hydrogens (tertiary/aromatic N) is 1. The molecular weight excluding hydrogens is 284 g/mol. The van der Waals surface area contributed by atoms with Gasteiger partial charge in [0.05, 0.1) is 0 Å². The molecule has 0 saturated carbocycles. The van der Waals surface area contributed by atoms with Crippen LogP contribution in [0, 0.1) is 5.92 Å². The predicted octanol–water partition coefficient (Wildman–Crippen LogP) is 3.43. The van der Waals surface area contributed by atoms with Gasteiger partial charge in [0, 0.05) is 24.2 Å². The van der Waals surface area contributed by atoms with Crippen LogP contribution in [0.3, 0.4) is 0 Å². The van der Waals surface area contributed by atoms with Crippen LogP contribution in [0.5, 0.6) is 5.75 Å². The molecule has 0 aromatic heterocycles. The van der Waals surface area contributed by atoms with Crippen LogP contribution in [0.25, 0.3) is 0 Å². The lowest BCUT2D eigenvalue weighted by molar-refractivity contribution is 0.142. The van der Waals surface area contributed by atoms with Crippen molar-refractivity contribution in [3.63, 3.8) is 0 Å². The normalized spacial score (nSPS) is 16.6. The number of hydrogen-bond donors (Lipinski definition) is 1. The fourth-order valence-electron chi connectivity index (χ4n) is 2.79. The van der Waals surface area contributed by atoms with E-state index in [0.29, 0.717) is 12.6 Å². The van der Waals surface area contributed by atoms with Gasteiger partial charge in [-0.15, -0.1) is 0 Å². The number of piperidine rings is 1. The molecule has 0 atom stereocenters. The average molecular weight is 311 g/mol. The van der Waals surface area contributed by atoms with Crippen molar-refractivity contribution in [3.05, 3.63) is 29.3 Å². The Morgan fingerprint density at radius 3 is 2.76 bits per heavy atom. The molecule has 0 aliphatic carbocycles. The van der Waals surface area contributed by atoms with Crippen molar-refractivity contribution in [3.8, 4) is 5.75 Å². The van der Waals surface area contributed by atoms with Gasteiger partial charge in [-0.1, -0.05) is 17.7 Å². The fourth-order valence-corrected chi connectivity index (χ4v) is 2.97. The summed E-state index contributed by atoms with van der Waals surface area (Å²) in [5, 5.41) is 4.16. The highest BCUT2D eigenvalue weighted by Gasteiger charge is 2.18. The summed E-state index contributed by atoms with van der Waals surface area (Å²) in [4.78, 5) is 2.53. The van der Waals surface area contributed by atoms with Crippen LogP contribution in [0.15, 0.2) is 24.3 Å². The Bertz CT molecular complexity index is 419. The Labute approximate surface area is 133 Å². The monoisotopic (exact) mass is 310 g/mol. The summed E-state index contributed by atoms with van der Waals surface area (Å²) in [6.07, 6.45) is 2.58. The molecule has 1 aliphatic rings. The highest BCUT2D eigenvalue weighted by molar-refractivity contribution is 6.30. The van der Waals surface area contributed by atoms with Crippen LogP contribution in [0.1, 0.15) is 26.7 Å². The van der Waals surface area contributed by atoms with E-state index in [1.807, 2.05) is 24.3 Å². The van der Waals surface area contributed by atoms with E-state index < -0.39 is 0 Å². The Balaban J connectivity index is 1.77. The largest absolute Gasteiger partial charge is 0.492 e. The maximum absolute atomic E-state index is 5.97. The van der Waals surface area contributed by atoms with Gasteiger partial charge in [-0.2, -0.15) is 0 Å². The molecule has 0 amide bonds. The van der Waals surface area contributed by atoms with E-state index in [-0.39, 0.29) is 0 Å². The molecule has 1 N–H and O–H groups in total. The van der Waals surface area contributed by atoms with E-state index in [1.54, 1.807) is 0 Å². The highest BCUT2D eigenvalue weighted by Crippen LogP contribution is 2.18. The number of rotatable bonds is 7. The van der Waals surface area contributed by atoms with Gasteiger partial charge in [0.2, 0.25) is 0 Å². The Hall–Kier alpha value is -0.770. The predicted molar refractivity (Wildman–Crippen MR) is 89.2 cm³/mol. The van der Waals surface area contributed by atoms with Gasteiger partial charge in [-0.25, -0.2) is 0 Å². The lowest BCUT2D eigenvalue weighted by atomic mass is 9.97. The van der Waals surface area contributed by atoms with Crippen molar-refractivity contribution >= 4 is 11.6 Å². The summed E-state index contributed by atoms with van der Waals surface area (Å²) in [6, 6.07) is 8.17. The smallest absolute Gasteiger partial charge is 0.120 e. The van der Waals surface area contributed by atoms with Gasteiger partial charge in [0.15, 0.2) is 0 Å². The number of halogens is 1. The first kappa shape index (κ1) is 16.6. The molecule has 1 aromatic rings. The summed E-state index contributed by atoms with van der Waals surface area (Å²) < 4.78 is 5.82. The lowest BCUT2D eigenvalue weighted by Crippen LogP contribution is -2.41. The molecular formula is C17H27ClN2O. The first-order valence-electron chi connectivity index (χ1n) is 7.98. The van der Waals surface area contributed by atoms with Gasteiger partial charge in [0.25, 0.3) is 0 Å². The Kier molecular flexibility index (Phi) is 6.81. The number of nitrogens with one attached hydrogen (secondary N) is 1. The molecule has 4 heteroatoms. The maximum Gasteiger partial charge on any atom is 0.120 e. The van der Waals surface area contributed by atoms with Crippen LogP contribution in [0.4, 0.5) is 0 Å². The number of benzene rings is 1. The molecule has 1 aliphatic heterocycles. The van der Waals surface area contributed by atoms with Crippen LogP contribution in [-0.2, 0) is 0 Å². The molecule has 0 spiro atoms. The zero-order valence-electron chi connectivity index (χ0n) is 13.1. The minimum Gasteiger partial charge on any atom is -0.492 e. The molecule has 0 radical (unpaired) electrons. The SMILES string of the molecule is CC(C)N(CCOc1cccc(Cl)c1)CC1CCNCC1. The van der Waals surface area contributed by atoms with E-state index in [2.05, 4.69) is 24.1 Å². The third kappa shape index (κ3) is 5.85. The van der Waals surface area contributed by atoms with E-state index in [1.165, 1.54) is 19.4 Å². The zero-order chi connectivity index (χ0) is 15.1. The van der Waals surface area contributed by atoms with Crippen molar-refractivity contribution < 1.29 is 4.74 Å². The quantitative estimate of drug-likeness (QED) is 0.835. The van der Waals surface area contributed by atoms with Crippen molar-refractivity contribution in [1.82, 2.24) is 10.2 Å².